The van der Waals surface area contributed by atoms with Gasteiger partial charge in [-0.15, -0.1) is 12.6 Å². The Morgan fingerprint density at radius 1 is 1.43 bits per heavy atom. The van der Waals surface area contributed by atoms with Crippen LogP contribution in [0.3, 0.4) is 0 Å². The maximum absolute atomic E-state index is 10.9. The van der Waals surface area contributed by atoms with E-state index in [0.29, 0.717) is 0 Å². The van der Waals surface area contributed by atoms with Crippen LogP contribution >= 0.6 is 12.6 Å². The average Bonchev–Trinajstić information content (AvgIpc) is 2.02. The molecule has 0 spiro atoms. The highest BCUT2D eigenvalue weighted by molar-refractivity contribution is 7.82. The fourth-order valence-corrected chi connectivity index (χ4v) is 0.987. The van der Waals surface area contributed by atoms with Crippen LogP contribution in [0.2, 0.25) is 0 Å². The molecule has 6 nitrogen and oxygen atoms in total. The van der Waals surface area contributed by atoms with Gasteiger partial charge in [0.1, 0.15) is 5.54 Å². The van der Waals surface area contributed by atoms with Crippen molar-refractivity contribution in [2.24, 2.45) is 5.18 Å². The lowest BCUT2D eigenvalue weighted by Crippen LogP contribution is -2.61. The van der Waals surface area contributed by atoms with Gasteiger partial charge < -0.3 is 10.4 Å². The lowest BCUT2D eigenvalue weighted by molar-refractivity contribution is -0.145. The normalized spacial score (nSPS) is 15.4. The molecule has 0 aromatic carbocycles. The molecule has 0 aliphatic carbocycles. The molecule has 1 unspecified atom stereocenters. The number of nitrogens with zero attached hydrogens (tertiary/aromatic N) is 1. The van der Waals surface area contributed by atoms with Crippen LogP contribution in [0.5, 0.6) is 0 Å². The zero-order valence-electron chi connectivity index (χ0n) is 8.07. The zero-order valence-corrected chi connectivity index (χ0v) is 8.96. The number of carbonyl (C=O) groups excluding carboxylic acids is 1. The number of amides is 1. The lowest BCUT2D eigenvalue weighted by atomic mass is 9.94. The van der Waals surface area contributed by atoms with Crippen molar-refractivity contribution in [1.82, 2.24) is 5.32 Å². The van der Waals surface area contributed by atoms with Crippen molar-refractivity contribution in [3.8, 4) is 0 Å². The smallest absolute Gasteiger partial charge is 0.342 e. The molecule has 0 saturated carbocycles. The number of hydrogen-bond donors (Lipinski definition) is 3. The van der Waals surface area contributed by atoms with Crippen molar-refractivity contribution in [2.45, 2.75) is 31.2 Å². The van der Waals surface area contributed by atoms with Gasteiger partial charge in [0, 0.05) is 6.92 Å². The van der Waals surface area contributed by atoms with E-state index in [1.807, 2.05) is 0 Å². The highest BCUT2D eigenvalue weighted by atomic mass is 32.1. The van der Waals surface area contributed by atoms with Crippen molar-refractivity contribution in [1.29, 1.82) is 0 Å². The Balaban J connectivity index is 5.19. The predicted molar refractivity (Wildman–Crippen MR) is 53.0 cm³/mol. The number of nitrogens with one attached hydrogen (secondary N) is 1. The number of hydrogen-bond acceptors (Lipinski definition) is 5. The summed E-state index contributed by atoms with van der Waals surface area (Å²) in [5.74, 6) is -2.03. The van der Waals surface area contributed by atoms with Crippen LogP contribution in [-0.2, 0) is 9.59 Å². The van der Waals surface area contributed by atoms with Crippen molar-refractivity contribution in [2.75, 3.05) is 0 Å². The van der Waals surface area contributed by atoms with E-state index < -0.39 is 22.3 Å². The first-order valence-electron chi connectivity index (χ1n) is 3.76. The van der Waals surface area contributed by atoms with Crippen LogP contribution < -0.4 is 5.32 Å². The summed E-state index contributed by atoms with van der Waals surface area (Å²) in [5, 5.41) is 13.6. The summed E-state index contributed by atoms with van der Waals surface area (Å²) in [4.78, 5) is 30.1. The van der Waals surface area contributed by atoms with Gasteiger partial charge in [0.2, 0.25) is 10.8 Å². The van der Waals surface area contributed by atoms with Crippen molar-refractivity contribution in [3.63, 3.8) is 0 Å². The summed E-state index contributed by atoms with van der Waals surface area (Å²) >= 11 is 3.79. The van der Waals surface area contributed by atoms with E-state index in [-0.39, 0.29) is 0 Å². The molecule has 0 rings (SSSR count). The minimum absolute atomic E-state index is 0.598. The number of rotatable bonds is 4. The third-order valence-electron chi connectivity index (χ3n) is 1.78. The van der Waals surface area contributed by atoms with Crippen molar-refractivity contribution >= 4 is 24.5 Å². The van der Waals surface area contributed by atoms with Gasteiger partial charge in [-0.1, -0.05) is 5.18 Å². The molecule has 0 aromatic heterocycles. The number of aliphatic carboxylic acids is 1. The molecule has 80 valence electrons. The minimum atomic E-state index is -2.00. The van der Waals surface area contributed by atoms with Crippen LogP contribution in [0.25, 0.3) is 0 Å². The number of nitroso groups, excluding NO2 is 1. The summed E-state index contributed by atoms with van der Waals surface area (Å²) in [6.45, 7) is 3.68. The SMILES string of the molecule is CC(=O)NC(S)(C(=O)O)C(C)(C)N=O. The molecule has 0 aliphatic rings. The first-order chi connectivity index (χ1) is 6.17. The Hall–Kier alpha value is -1.11. The zero-order chi connectivity index (χ0) is 11.6. The Morgan fingerprint density at radius 2 is 1.86 bits per heavy atom. The van der Waals surface area contributed by atoms with Gasteiger partial charge in [-0.3, -0.25) is 4.79 Å². The molecular formula is C7H12N2O4S. The largest absolute Gasteiger partial charge is 0.479 e. The Labute approximate surface area is 86.4 Å². The Kier molecular flexibility index (Phi) is 3.64. The highest BCUT2D eigenvalue weighted by Gasteiger charge is 2.51. The molecule has 0 fully saturated rings. The predicted octanol–water partition coefficient (Wildman–Crippen LogP) is 0.378. The second kappa shape index (κ2) is 3.95. The van der Waals surface area contributed by atoms with Crippen molar-refractivity contribution in [3.05, 3.63) is 4.91 Å². The molecule has 0 heterocycles. The molecule has 1 amide bonds. The first kappa shape index (κ1) is 12.9. The number of carbonyl (C=O) groups is 2. The van der Waals surface area contributed by atoms with Gasteiger partial charge in [-0.05, 0) is 13.8 Å². The molecule has 0 bridgehead atoms. The standard InChI is InChI=1S/C7H12N2O4S/c1-4(10)8-7(14,5(11)12)6(2,3)9-13/h14H,1-3H3,(H,8,10)(H,11,12). The van der Waals surface area contributed by atoms with Crippen LogP contribution in [0.1, 0.15) is 20.8 Å². The molecule has 0 saturated heterocycles. The van der Waals surface area contributed by atoms with Gasteiger partial charge in [0.05, 0.1) is 0 Å². The van der Waals surface area contributed by atoms with E-state index in [2.05, 4.69) is 23.1 Å². The highest BCUT2D eigenvalue weighted by Crippen LogP contribution is 2.29. The van der Waals surface area contributed by atoms with Crippen LogP contribution in [0.4, 0.5) is 0 Å². The van der Waals surface area contributed by atoms with Crippen molar-refractivity contribution < 1.29 is 14.7 Å². The molecule has 7 heteroatoms. The van der Waals surface area contributed by atoms with E-state index in [4.69, 9.17) is 5.11 Å². The summed E-state index contributed by atoms with van der Waals surface area (Å²) in [6.07, 6.45) is 0. The van der Waals surface area contributed by atoms with E-state index in [1.54, 1.807) is 0 Å². The molecule has 0 radical (unpaired) electrons. The monoisotopic (exact) mass is 220 g/mol. The molecular weight excluding hydrogens is 208 g/mol. The topological polar surface area (TPSA) is 95.8 Å². The van der Waals surface area contributed by atoms with Crippen LogP contribution in [0.15, 0.2) is 5.18 Å². The molecule has 0 aliphatic heterocycles. The van der Waals surface area contributed by atoms with E-state index in [0.717, 1.165) is 6.92 Å². The summed E-state index contributed by atoms with van der Waals surface area (Å²) in [5.41, 5.74) is -1.55. The third-order valence-corrected chi connectivity index (χ3v) is 2.63. The van der Waals surface area contributed by atoms with E-state index in [9.17, 15) is 14.5 Å². The summed E-state index contributed by atoms with van der Waals surface area (Å²) < 4.78 is 0. The van der Waals surface area contributed by atoms with Gasteiger partial charge in [0.15, 0.2) is 0 Å². The molecule has 0 aromatic rings. The lowest BCUT2D eigenvalue weighted by Gasteiger charge is -2.34. The van der Waals surface area contributed by atoms with E-state index >= 15 is 0 Å². The average molecular weight is 220 g/mol. The van der Waals surface area contributed by atoms with Gasteiger partial charge in [-0.25, -0.2) is 4.79 Å². The second-order valence-electron chi connectivity index (χ2n) is 3.35. The summed E-state index contributed by atoms with van der Waals surface area (Å²) in [6, 6.07) is 0. The Morgan fingerprint density at radius 3 is 2.07 bits per heavy atom. The minimum Gasteiger partial charge on any atom is -0.479 e. The summed E-state index contributed by atoms with van der Waals surface area (Å²) in [7, 11) is 0. The molecule has 2 N–H and O–H groups in total. The maximum Gasteiger partial charge on any atom is 0.342 e. The first-order valence-corrected chi connectivity index (χ1v) is 4.21. The molecule has 1 atom stereocenters. The fraction of sp³-hybridized carbons (Fsp3) is 0.714. The maximum atomic E-state index is 10.9. The number of carboxylic acid groups (broad SMARTS) is 1. The van der Waals surface area contributed by atoms with Gasteiger partial charge >= 0.3 is 5.97 Å². The Bertz CT molecular complexity index is 279. The number of carboxylic acids is 1. The second-order valence-corrected chi connectivity index (χ2v) is 4.02. The van der Waals surface area contributed by atoms with Crippen LogP contribution in [-0.4, -0.2) is 27.4 Å². The molecule has 14 heavy (non-hydrogen) atoms. The van der Waals surface area contributed by atoms with Crippen LogP contribution in [0, 0.1) is 4.91 Å². The van der Waals surface area contributed by atoms with E-state index in [1.165, 1.54) is 13.8 Å². The fourth-order valence-electron chi connectivity index (χ4n) is 0.789. The van der Waals surface area contributed by atoms with Gasteiger partial charge in [-0.2, -0.15) is 4.91 Å². The third kappa shape index (κ3) is 2.22. The van der Waals surface area contributed by atoms with Gasteiger partial charge in [0.25, 0.3) is 0 Å². The number of thiol groups is 1. The quantitative estimate of drug-likeness (QED) is 0.362.